The highest BCUT2D eigenvalue weighted by atomic mass is 19.4. The van der Waals surface area contributed by atoms with E-state index in [0.717, 1.165) is 18.7 Å². The van der Waals surface area contributed by atoms with Crippen LogP contribution in [0.3, 0.4) is 0 Å². The van der Waals surface area contributed by atoms with Gasteiger partial charge in [-0.3, -0.25) is 0 Å². The Morgan fingerprint density at radius 2 is 1.84 bits per heavy atom. The molecular formula is C18H20F4N2O. The minimum atomic E-state index is -4.65. The van der Waals surface area contributed by atoms with Crippen LogP contribution in [0.2, 0.25) is 0 Å². The molecule has 0 bridgehead atoms. The summed E-state index contributed by atoms with van der Waals surface area (Å²) >= 11 is 0. The summed E-state index contributed by atoms with van der Waals surface area (Å²) in [5.41, 5.74) is 0.230. The van der Waals surface area contributed by atoms with E-state index < -0.39 is 17.8 Å². The fourth-order valence-electron chi connectivity index (χ4n) is 2.54. The van der Waals surface area contributed by atoms with Crippen molar-refractivity contribution in [2.24, 2.45) is 11.8 Å². The van der Waals surface area contributed by atoms with Crippen molar-refractivity contribution in [1.82, 2.24) is 9.97 Å². The van der Waals surface area contributed by atoms with Gasteiger partial charge in [-0.1, -0.05) is 20.8 Å². The molecule has 136 valence electrons. The molecule has 0 aliphatic rings. The summed E-state index contributed by atoms with van der Waals surface area (Å²) in [6.07, 6.45) is -2.69. The van der Waals surface area contributed by atoms with Crippen molar-refractivity contribution in [3.63, 3.8) is 0 Å². The van der Waals surface area contributed by atoms with Crippen molar-refractivity contribution < 1.29 is 22.3 Å². The van der Waals surface area contributed by atoms with E-state index in [1.807, 2.05) is 6.92 Å². The van der Waals surface area contributed by atoms with Gasteiger partial charge < -0.3 is 4.74 Å². The van der Waals surface area contributed by atoms with Crippen LogP contribution in [0.1, 0.15) is 33.0 Å². The average molecular weight is 356 g/mol. The maximum Gasteiger partial charge on any atom is 0.451 e. The highest BCUT2D eigenvalue weighted by Crippen LogP contribution is 2.29. The summed E-state index contributed by atoms with van der Waals surface area (Å²) in [4.78, 5) is 6.64. The van der Waals surface area contributed by atoms with Crippen LogP contribution in [0, 0.1) is 17.7 Å². The Bertz CT molecular complexity index is 716. The zero-order valence-electron chi connectivity index (χ0n) is 14.3. The fourth-order valence-corrected chi connectivity index (χ4v) is 2.54. The largest absolute Gasteiger partial charge is 0.490 e. The van der Waals surface area contributed by atoms with Gasteiger partial charge >= 0.3 is 6.18 Å². The molecule has 1 aromatic heterocycles. The molecule has 1 aromatic carbocycles. The van der Waals surface area contributed by atoms with Crippen LogP contribution in [0.5, 0.6) is 5.75 Å². The Hall–Kier alpha value is -2.18. The van der Waals surface area contributed by atoms with E-state index in [-0.39, 0.29) is 22.9 Å². The Labute approximate surface area is 144 Å². The Morgan fingerprint density at radius 1 is 1.12 bits per heavy atom. The lowest BCUT2D eigenvalue weighted by Crippen LogP contribution is -2.12. The van der Waals surface area contributed by atoms with Gasteiger partial charge in [0.25, 0.3) is 0 Å². The Morgan fingerprint density at radius 3 is 2.44 bits per heavy atom. The van der Waals surface area contributed by atoms with Crippen molar-refractivity contribution in [3.05, 3.63) is 42.1 Å². The second kappa shape index (κ2) is 7.80. The maximum absolute atomic E-state index is 14.2. The number of alkyl halides is 3. The third kappa shape index (κ3) is 5.41. The second-order valence-electron chi connectivity index (χ2n) is 6.45. The van der Waals surface area contributed by atoms with E-state index in [1.54, 1.807) is 0 Å². The van der Waals surface area contributed by atoms with Gasteiger partial charge in [-0.2, -0.15) is 13.2 Å². The molecule has 0 unspecified atom stereocenters. The predicted molar refractivity (Wildman–Crippen MR) is 86.5 cm³/mol. The molecule has 0 saturated carbocycles. The molecule has 2 aromatic rings. The maximum atomic E-state index is 14.2. The summed E-state index contributed by atoms with van der Waals surface area (Å²) in [5, 5.41) is 0. The number of rotatable bonds is 6. The first-order valence-corrected chi connectivity index (χ1v) is 7.99. The van der Waals surface area contributed by atoms with Gasteiger partial charge in [-0.05, 0) is 42.5 Å². The number of benzene rings is 1. The summed E-state index contributed by atoms with van der Waals surface area (Å²) in [6, 6.07) is 5.30. The lowest BCUT2D eigenvalue weighted by Gasteiger charge is -2.15. The van der Waals surface area contributed by atoms with Crippen molar-refractivity contribution in [2.75, 3.05) is 6.61 Å². The molecule has 0 radical (unpaired) electrons. The van der Waals surface area contributed by atoms with Crippen LogP contribution in [0.25, 0.3) is 11.3 Å². The van der Waals surface area contributed by atoms with Gasteiger partial charge in [0.1, 0.15) is 0 Å². The molecular weight excluding hydrogens is 336 g/mol. The van der Waals surface area contributed by atoms with Gasteiger partial charge in [-0.15, -0.1) is 0 Å². The SMILES string of the molecule is CC(C)C[C@@H](C)COc1ccc(-c2ccnc(C(F)(F)F)n2)cc1F. The molecule has 0 saturated heterocycles. The lowest BCUT2D eigenvalue weighted by molar-refractivity contribution is -0.144. The van der Waals surface area contributed by atoms with Gasteiger partial charge in [0.05, 0.1) is 12.3 Å². The molecule has 7 heteroatoms. The quantitative estimate of drug-likeness (QED) is 0.653. The first-order valence-electron chi connectivity index (χ1n) is 7.99. The number of aromatic nitrogens is 2. The second-order valence-corrected chi connectivity index (χ2v) is 6.45. The summed E-state index contributed by atoms with van der Waals surface area (Å²) in [7, 11) is 0. The smallest absolute Gasteiger partial charge is 0.451 e. The van der Waals surface area contributed by atoms with Crippen LogP contribution in [-0.2, 0) is 6.18 Å². The highest BCUT2D eigenvalue weighted by Gasteiger charge is 2.34. The first-order chi connectivity index (χ1) is 11.7. The molecule has 3 nitrogen and oxygen atoms in total. The van der Waals surface area contributed by atoms with Gasteiger partial charge in [-0.25, -0.2) is 14.4 Å². The van der Waals surface area contributed by atoms with Crippen molar-refractivity contribution in [3.8, 4) is 17.0 Å². The Kier molecular flexibility index (Phi) is 5.98. The van der Waals surface area contributed by atoms with Gasteiger partial charge in [0.15, 0.2) is 11.6 Å². The number of nitrogens with zero attached hydrogens (tertiary/aromatic N) is 2. The van der Waals surface area contributed by atoms with E-state index in [4.69, 9.17) is 4.74 Å². The van der Waals surface area contributed by atoms with Crippen LogP contribution in [0.4, 0.5) is 17.6 Å². The molecule has 0 N–H and O–H groups in total. The van der Waals surface area contributed by atoms with Crippen LogP contribution in [0.15, 0.2) is 30.5 Å². The Balaban J connectivity index is 2.14. The number of hydrogen-bond donors (Lipinski definition) is 0. The monoisotopic (exact) mass is 356 g/mol. The zero-order valence-corrected chi connectivity index (χ0v) is 14.3. The molecule has 0 amide bonds. The molecule has 1 atom stereocenters. The van der Waals surface area contributed by atoms with E-state index in [1.165, 1.54) is 18.2 Å². The number of hydrogen-bond acceptors (Lipinski definition) is 3. The normalized spacial score (nSPS) is 13.1. The standard InChI is InChI=1S/C18H20F4N2O/c1-11(2)8-12(3)10-25-16-5-4-13(9-14(16)19)15-6-7-23-17(24-15)18(20,21)22/h4-7,9,11-12H,8,10H2,1-3H3/t12-/m1/s1. The zero-order chi connectivity index (χ0) is 18.6. The lowest BCUT2D eigenvalue weighted by atomic mass is 10.00. The van der Waals surface area contributed by atoms with E-state index >= 15 is 0 Å². The summed E-state index contributed by atoms with van der Waals surface area (Å²) in [6.45, 7) is 6.59. The van der Waals surface area contributed by atoms with Crippen LogP contribution >= 0.6 is 0 Å². The topological polar surface area (TPSA) is 35.0 Å². The highest BCUT2D eigenvalue weighted by molar-refractivity contribution is 5.60. The first kappa shape index (κ1) is 19.1. The summed E-state index contributed by atoms with van der Waals surface area (Å²) in [5.74, 6) is -1.03. The molecule has 2 rings (SSSR count). The van der Waals surface area contributed by atoms with E-state index in [9.17, 15) is 17.6 Å². The van der Waals surface area contributed by atoms with Crippen molar-refractivity contribution in [2.45, 2.75) is 33.4 Å². The van der Waals surface area contributed by atoms with Gasteiger partial charge in [0, 0.05) is 11.8 Å². The minimum absolute atomic E-state index is 0.000880. The molecule has 0 fully saturated rings. The third-order valence-corrected chi connectivity index (χ3v) is 3.53. The molecule has 0 aliphatic carbocycles. The third-order valence-electron chi connectivity index (χ3n) is 3.53. The predicted octanol–water partition coefficient (Wildman–Crippen LogP) is 5.36. The van der Waals surface area contributed by atoms with E-state index in [2.05, 4.69) is 23.8 Å². The van der Waals surface area contributed by atoms with E-state index in [0.29, 0.717) is 12.5 Å². The minimum Gasteiger partial charge on any atom is -0.490 e. The van der Waals surface area contributed by atoms with Gasteiger partial charge in [0.2, 0.25) is 5.82 Å². The molecule has 0 spiro atoms. The van der Waals surface area contributed by atoms with Crippen LogP contribution < -0.4 is 4.74 Å². The molecule has 0 aliphatic heterocycles. The van der Waals surface area contributed by atoms with Crippen LogP contribution in [-0.4, -0.2) is 16.6 Å². The van der Waals surface area contributed by atoms with Crippen molar-refractivity contribution in [1.29, 1.82) is 0 Å². The summed E-state index contributed by atoms with van der Waals surface area (Å²) < 4.78 is 57.7. The average Bonchev–Trinajstić information content (AvgIpc) is 2.52. The molecule has 1 heterocycles. The fraction of sp³-hybridized carbons (Fsp3) is 0.444. The number of ether oxygens (including phenoxy) is 1. The molecule has 25 heavy (non-hydrogen) atoms. The van der Waals surface area contributed by atoms with Crippen molar-refractivity contribution >= 4 is 0 Å². The number of halogens is 4.